The van der Waals surface area contributed by atoms with E-state index >= 15 is 0 Å². The van der Waals surface area contributed by atoms with Crippen molar-refractivity contribution in [1.29, 1.82) is 0 Å². The van der Waals surface area contributed by atoms with Gasteiger partial charge in [0.25, 0.3) is 0 Å². The summed E-state index contributed by atoms with van der Waals surface area (Å²) in [5, 5.41) is 0. The number of allylic oxidation sites excluding steroid dienone is 1. The van der Waals surface area contributed by atoms with Crippen LogP contribution in [0.25, 0.3) is 0 Å². The number of unbranched alkanes of at least 4 members (excludes halogenated alkanes) is 17. The molecular weight excluding hydrogens is 356 g/mol. The predicted octanol–water partition coefficient (Wildman–Crippen LogP) is 9.20. The first kappa shape index (κ1) is 25.8. The zero-order valence-corrected chi connectivity index (χ0v) is 18.9. The second-order valence-electron chi connectivity index (χ2n) is 8.31. The van der Waals surface area contributed by atoms with E-state index in [9.17, 15) is 0 Å². The van der Waals surface area contributed by atoms with E-state index in [0.717, 1.165) is 12.2 Å². The fourth-order valence-corrected chi connectivity index (χ4v) is 3.69. The molecule has 0 aliphatic heterocycles. The number of hydrogen-bond acceptors (Lipinski definition) is 2. The fraction of sp³-hybridized carbons (Fsp3) is 0.704. The summed E-state index contributed by atoms with van der Waals surface area (Å²) >= 11 is 0. The predicted molar refractivity (Wildman–Crippen MR) is 126 cm³/mol. The Morgan fingerprint density at radius 3 is 1.41 bits per heavy atom. The van der Waals surface area contributed by atoms with Gasteiger partial charge in [0.1, 0.15) is 0 Å². The molecule has 0 heterocycles. The van der Waals surface area contributed by atoms with Gasteiger partial charge in [-0.05, 0) is 31.4 Å². The molecule has 0 atom stereocenters. The topological polar surface area (TPSA) is 18.5 Å². The molecule has 1 aromatic carbocycles. The van der Waals surface area contributed by atoms with E-state index in [-0.39, 0.29) is 0 Å². The largest absolute Gasteiger partial charge is 0.338 e. The minimum Gasteiger partial charge on any atom is -0.338 e. The molecule has 0 spiro atoms. The van der Waals surface area contributed by atoms with Gasteiger partial charge in [-0.25, -0.2) is 0 Å². The van der Waals surface area contributed by atoms with Crippen LogP contribution >= 0.6 is 0 Å². The smallest absolute Gasteiger partial charge is 0.165 e. The third kappa shape index (κ3) is 18.5. The second kappa shape index (κ2) is 21.4. The van der Waals surface area contributed by atoms with Gasteiger partial charge in [0, 0.05) is 0 Å². The highest BCUT2D eigenvalue weighted by molar-refractivity contribution is 5.20. The van der Waals surface area contributed by atoms with Crippen LogP contribution in [0, 0.1) is 0 Å². The van der Waals surface area contributed by atoms with Gasteiger partial charge >= 0.3 is 0 Å². The van der Waals surface area contributed by atoms with E-state index in [1.165, 1.54) is 109 Å². The lowest BCUT2D eigenvalue weighted by atomic mass is 10.0. The molecule has 0 N–H and O–H groups in total. The standard InChI is InChI=1S/C27H46O2/c1-2-3-4-5-6-7-8-9-10-11-12-13-14-15-16-17-18-19-23-26-28-29-27-24-21-20-22-25-27/h2,20-22,24-25H,1,3-19,23,26H2. The van der Waals surface area contributed by atoms with Crippen LogP contribution in [-0.2, 0) is 4.89 Å². The molecule has 0 aliphatic rings. The van der Waals surface area contributed by atoms with Crippen molar-refractivity contribution in [3.05, 3.63) is 43.0 Å². The zero-order valence-electron chi connectivity index (χ0n) is 18.9. The molecule has 1 rings (SSSR count). The van der Waals surface area contributed by atoms with Crippen LogP contribution in [0.15, 0.2) is 43.0 Å². The van der Waals surface area contributed by atoms with Crippen molar-refractivity contribution in [3.8, 4) is 5.75 Å². The van der Waals surface area contributed by atoms with Crippen LogP contribution in [0.4, 0.5) is 0 Å². The van der Waals surface area contributed by atoms with Gasteiger partial charge in [0.15, 0.2) is 5.75 Å². The van der Waals surface area contributed by atoms with Crippen LogP contribution in [0.3, 0.4) is 0 Å². The number of rotatable bonds is 22. The molecule has 0 fully saturated rings. The van der Waals surface area contributed by atoms with Gasteiger partial charge in [0.2, 0.25) is 0 Å². The van der Waals surface area contributed by atoms with E-state index in [4.69, 9.17) is 9.78 Å². The molecule has 2 nitrogen and oxygen atoms in total. The molecule has 1 aromatic rings. The molecule has 0 saturated heterocycles. The van der Waals surface area contributed by atoms with Crippen LogP contribution in [0.1, 0.15) is 116 Å². The Morgan fingerprint density at radius 1 is 0.552 bits per heavy atom. The highest BCUT2D eigenvalue weighted by Crippen LogP contribution is 2.14. The highest BCUT2D eigenvalue weighted by Gasteiger charge is 1.96. The normalized spacial score (nSPS) is 10.9. The summed E-state index contributed by atoms with van der Waals surface area (Å²) in [6, 6.07) is 9.70. The summed E-state index contributed by atoms with van der Waals surface area (Å²) in [6.45, 7) is 4.47. The Balaban J connectivity index is 1.66. The lowest BCUT2D eigenvalue weighted by Gasteiger charge is -2.05. The minimum atomic E-state index is 0.685. The van der Waals surface area contributed by atoms with E-state index in [0.29, 0.717) is 6.61 Å². The first-order valence-corrected chi connectivity index (χ1v) is 12.4. The average Bonchev–Trinajstić information content (AvgIpc) is 2.75. The van der Waals surface area contributed by atoms with Gasteiger partial charge in [0.05, 0.1) is 6.61 Å². The van der Waals surface area contributed by atoms with Gasteiger partial charge < -0.3 is 4.89 Å². The van der Waals surface area contributed by atoms with Gasteiger partial charge in [-0.3, -0.25) is 0 Å². The van der Waals surface area contributed by atoms with Gasteiger partial charge in [-0.2, -0.15) is 4.89 Å². The Labute approximate surface area is 181 Å². The maximum Gasteiger partial charge on any atom is 0.165 e. The summed E-state index contributed by atoms with van der Waals surface area (Å²) in [4.78, 5) is 10.5. The maximum absolute atomic E-state index is 5.25. The second-order valence-corrected chi connectivity index (χ2v) is 8.31. The minimum absolute atomic E-state index is 0.685. The van der Waals surface area contributed by atoms with Crippen LogP contribution in [-0.4, -0.2) is 6.61 Å². The van der Waals surface area contributed by atoms with Crippen molar-refractivity contribution >= 4 is 0 Å². The van der Waals surface area contributed by atoms with Gasteiger partial charge in [-0.1, -0.05) is 121 Å². The summed E-state index contributed by atoms with van der Waals surface area (Å²) in [5.74, 6) is 0.780. The summed E-state index contributed by atoms with van der Waals surface area (Å²) in [7, 11) is 0. The quantitative estimate of drug-likeness (QED) is 0.0832. The van der Waals surface area contributed by atoms with E-state index in [2.05, 4.69) is 6.58 Å². The molecule has 166 valence electrons. The van der Waals surface area contributed by atoms with Crippen molar-refractivity contribution < 1.29 is 9.78 Å². The average molecular weight is 403 g/mol. The molecule has 0 radical (unpaired) electrons. The number of benzene rings is 1. The molecule has 0 aliphatic carbocycles. The summed E-state index contributed by atoms with van der Waals surface area (Å²) in [6.07, 6.45) is 26.7. The lowest BCUT2D eigenvalue weighted by Crippen LogP contribution is -1.99. The lowest BCUT2D eigenvalue weighted by molar-refractivity contribution is -0.207. The molecule has 2 heteroatoms. The molecule has 0 bridgehead atoms. The van der Waals surface area contributed by atoms with Crippen LogP contribution in [0.2, 0.25) is 0 Å². The molecule has 29 heavy (non-hydrogen) atoms. The highest BCUT2D eigenvalue weighted by atomic mass is 17.2. The first-order chi connectivity index (χ1) is 14.4. The van der Waals surface area contributed by atoms with E-state index < -0.39 is 0 Å². The monoisotopic (exact) mass is 402 g/mol. The Morgan fingerprint density at radius 2 is 0.966 bits per heavy atom. The Hall–Kier alpha value is -1.28. The van der Waals surface area contributed by atoms with Crippen molar-refractivity contribution in [3.63, 3.8) is 0 Å². The third-order valence-electron chi connectivity index (χ3n) is 5.53. The summed E-state index contributed by atoms with van der Waals surface area (Å²) < 4.78 is 0. The van der Waals surface area contributed by atoms with Crippen molar-refractivity contribution in [2.75, 3.05) is 6.61 Å². The maximum atomic E-state index is 5.25. The third-order valence-corrected chi connectivity index (χ3v) is 5.53. The summed E-state index contributed by atoms with van der Waals surface area (Å²) in [5.41, 5.74) is 0. The van der Waals surface area contributed by atoms with Crippen LogP contribution < -0.4 is 4.89 Å². The Bertz CT molecular complexity index is 443. The molecule has 0 amide bonds. The van der Waals surface area contributed by atoms with E-state index in [1.54, 1.807) is 0 Å². The molecule has 0 unspecified atom stereocenters. The fourth-order valence-electron chi connectivity index (χ4n) is 3.69. The number of hydrogen-bond donors (Lipinski definition) is 0. The van der Waals surface area contributed by atoms with Crippen LogP contribution in [0.5, 0.6) is 5.75 Å². The SMILES string of the molecule is C=CCCCCCCCCCCCCCCCCCCCOOc1ccccc1. The van der Waals surface area contributed by atoms with Gasteiger partial charge in [-0.15, -0.1) is 6.58 Å². The first-order valence-electron chi connectivity index (χ1n) is 12.4. The van der Waals surface area contributed by atoms with Crippen molar-refractivity contribution in [2.24, 2.45) is 0 Å². The van der Waals surface area contributed by atoms with E-state index in [1.807, 2.05) is 36.4 Å². The van der Waals surface area contributed by atoms with Crippen molar-refractivity contribution in [1.82, 2.24) is 0 Å². The number of para-hydroxylation sites is 1. The molecular formula is C27H46O2. The zero-order chi connectivity index (χ0) is 20.7. The molecule has 0 aromatic heterocycles. The molecule has 0 saturated carbocycles. The Kier molecular flexibility index (Phi) is 19.0. The van der Waals surface area contributed by atoms with Crippen molar-refractivity contribution in [2.45, 2.75) is 116 Å².